The molecule has 2 saturated heterocycles. The fourth-order valence-electron chi connectivity index (χ4n) is 4.47. The highest BCUT2D eigenvalue weighted by molar-refractivity contribution is 5.80. The number of H-pyrrole nitrogens is 1. The molecular formula is C24H22N4O6. The molecule has 1 aromatic carbocycles. The lowest BCUT2D eigenvalue weighted by Crippen LogP contribution is -2.34. The Balaban J connectivity index is 1.19. The quantitative estimate of drug-likeness (QED) is 0.396. The number of aromatic nitrogens is 4. The van der Waals surface area contributed by atoms with Crippen LogP contribution < -0.4 is 4.74 Å². The number of carbonyl (C=O) groups is 1. The maximum absolute atomic E-state index is 10.9. The molecule has 4 atom stereocenters. The number of aliphatic carboxylic acids is 1. The van der Waals surface area contributed by atoms with Crippen LogP contribution in [0.1, 0.15) is 5.56 Å². The summed E-state index contributed by atoms with van der Waals surface area (Å²) in [5.74, 6) is -0.314. The highest BCUT2D eigenvalue weighted by atomic mass is 16.6. The Morgan fingerprint density at radius 2 is 1.97 bits per heavy atom. The Labute approximate surface area is 193 Å². The number of carboxylic acids is 1. The summed E-state index contributed by atoms with van der Waals surface area (Å²) in [5, 5.41) is 23.1. The van der Waals surface area contributed by atoms with E-state index in [0.29, 0.717) is 18.1 Å². The zero-order valence-corrected chi connectivity index (χ0v) is 18.0. The van der Waals surface area contributed by atoms with E-state index in [1.807, 2.05) is 42.5 Å². The van der Waals surface area contributed by atoms with Crippen LogP contribution in [0.5, 0.6) is 5.88 Å². The maximum Gasteiger partial charge on any atom is 0.307 e. The van der Waals surface area contributed by atoms with Gasteiger partial charge in [0.05, 0.1) is 48.2 Å². The third-order valence-electron chi connectivity index (χ3n) is 6.13. The van der Waals surface area contributed by atoms with Crippen molar-refractivity contribution in [3.63, 3.8) is 0 Å². The summed E-state index contributed by atoms with van der Waals surface area (Å²) in [6.45, 7) is 0.621. The molecule has 0 saturated carbocycles. The summed E-state index contributed by atoms with van der Waals surface area (Å²) in [6, 6.07) is 13.5. The standard InChI is InChI=1S/C24H22N4O6/c29-19-11-32-24-20(12-33-23(19)24)34-21-8-18-17(27-21)6-5-16(26-18)14-1-3-15(4-2-14)28-10-13(9-25-28)7-22(30)31/h1-6,8-10,19-20,23-24,27,29H,7,11-12H2,(H,30,31)/t19-,20-,23?,24?/m1/s1. The van der Waals surface area contributed by atoms with Gasteiger partial charge in [0.15, 0.2) is 12.0 Å². The minimum Gasteiger partial charge on any atom is -0.481 e. The highest BCUT2D eigenvalue weighted by Gasteiger charge is 2.48. The number of aliphatic hydroxyl groups excluding tert-OH is 1. The number of nitrogens with one attached hydrogen (secondary N) is 1. The Hall–Kier alpha value is -3.73. The first-order chi connectivity index (χ1) is 16.5. The molecule has 10 heteroatoms. The number of pyridine rings is 1. The second-order valence-electron chi connectivity index (χ2n) is 8.49. The number of aliphatic hydroxyl groups is 1. The average molecular weight is 462 g/mol. The second-order valence-corrected chi connectivity index (χ2v) is 8.49. The molecule has 2 aliphatic heterocycles. The van der Waals surface area contributed by atoms with Crippen LogP contribution in [-0.2, 0) is 20.7 Å². The molecule has 174 valence electrons. The Morgan fingerprint density at radius 3 is 2.79 bits per heavy atom. The largest absolute Gasteiger partial charge is 0.481 e. The molecule has 6 rings (SSSR count). The molecule has 0 radical (unpaired) electrons. The van der Waals surface area contributed by atoms with Gasteiger partial charge in [0.25, 0.3) is 0 Å². The summed E-state index contributed by atoms with van der Waals surface area (Å²) in [6.07, 6.45) is 1.68. The van der Waals surface area contributed by atoms with Gasteiger partial charge in [-0.2, -0.15) is 5.10 Å². The normalized spacial score (nSPS) is 23.9. The van der Waals surface area contributed by atoms with Gasteiger partial charge in [-0.15, -0.1) is 0 Å². The van der Waals surface area contributed by atoms with Gasteiger partial charge in [0.1, 0.15) is 18.3 Å². The summed E-state index contributed by atoms with van der Waals surface area (Å²) < 4.78 is 19.0. The van der Waals surface area contributed by atoms with Crippen LogP contribution in [0.25, 0.3) is 28.0 Å². The smallest absolute Gasteiger partial charge is 0.307 e. The van der Waals surface area contributed by atoms with Crippen molar-refractivity contribution >= 4 is 17.0 Å². The number of benzene rings is 1. The highest BCUT2D eigenvalue weighted by Crippen LogP contribution is 2.31. The van der Waals surface area contributed by atoms with Crippen molar-refractivity contribution < 1.29 is 29.2 Å². The van der Waals surface area contributed by atoms with Crippen LogP contribution in [0, 0.1) is 0 Å². The SMILES string of the molecule is O=C(O)Cc1cnn(-c2ccc(-c3ccc4[nH]c(O[C@@H]5COC6C5OC[C@H]6O)cc4n3)cc2)c1. The van der Waals surface area contributed by atoms with Crippen LogP contribution in [0.3, 0.4) is 0 Å². The summed E-state index contributed by atoms with van der Waals surface area (Å²) in [7, 11) is 0. The number of hydrogen-bond donors (Lipinski definition) is 3. The third-order valence-corrected chi connectivity index (χ3v) is 6.13. The molecule has 0 aliphatic carbocycles. The van der Waals surface area contributed by atoms with Gasteiger partial charge >= 0.3 is 5.97 Å². The minimum atomic E-state index is -0.888. The fourth-order valence-corrected chi connectivity index (χ4v) is 4.47. The van der Waals surface area contributed by atoms with Crippen molar-refractivity contribution in [2.75, 3.05) is 13.2 Å². The number of fused-ring (bicyclic) bond motifs is 2. The van der Waals surface area contributed by atoms with Crippen LogP contribution in [0.15, 0.2) is 54.9 Å². The lowest BCUT2D eigenvalue weighted by atomic mass is 10.1. The lowest BCUT2D eigenvalue weighted by Gasteiger charge is -2.16. The maximum atomic E-state index is 10.9. The first kappa shape index (κ1) is 20.8. The molecule has 0 amide bonds. The molecule has 2 fully saturated rings. The van der Waals surface area contributed by atoms with Crippen LogP contribution in [-0.4, -0.2) is 73.6 Å². The number of aromatic amines is 1. The van der Waals surface area contributed by atoms with E-state index in [1.54, 1.807) is 17.1 Å². The molecule has 2 unspecified atom stereocenters. The van der Waals surface area contributed by atoms with Gasteiger partial charge in [-0.05, 0) is 24.3 Å². The number of nitrogens with zero attached hydrogens (tertiary/aromatic N) is 3. The first-order valence-electron chi connectivity index (χ1n) is 11.0. The van der Waals surface area contributed by atoms with Crippen molar-refractivity contribution in [2.45, 2.75) is 30.8 Å². The van der Waals surface area contributed by atoms with Crippen molar-refractivity contribution in [3.05, 3.63) is 60.4 Å². The lowest BCUT2D eigenvalue weighted by molar-refractivity contribution is -0.136. The molecule has 2 aliphatic rings. The molecule has 0 spiro atoms. The number of carboxylic acid groups (broad SMARTS) is 1. The van der Waals surface area contributed by atoms with E-state index in [4.69, 9.17) is 24.3 Å². The van der Waals surface area contributed by atoms with Gasteiger partial charge in [-0.25, -0.2) is 9.67 Å². The van der Waals surface area contributed by atoms with Crippen molar-refractivity contribution in [1.82, 2.24) is 19.7 Å². The zero-order chi connectivity index (χ0) is 23.2. The zero-order valence-electron chi connectivity index (χ0n) is 18.0. The summed E-state index contributed by atoms with van der Waals surface area (Å²) in [5.41, 5.74) is 4.83. The molecule has 0 bridgehead atoms. The number of ether oxygens (including phenoxy) is 3. The average Bonchev–Trinajstić information content (AvgIpc) is 3.60. The second kappa shape index (κ2) is 8.24. The van der Waals surface area contributed by atoms with E-state index in [0.717, 1.165) is 28.0 Å². The topological polar surface area (TPSA) is 132 Å². The van der Waals surface area contributed by atoms with Gasteiger partial charge in [0.2, 0.25) is 0 Å². The summed E-state index contributed by atoms with van der Waals surface area (Å²) >= 11 is 0. The van der Waals surface area contributed by atoms with Gasteiger partial charge in [-0.1, -0.05) is 12.1 Å². The molecule has 10 nitrogen and oxygen atoms in total. The van der Waals surface area contributed by atoms with Crippen molar-refractivity contribution in [3.8, 4) is 22.8 Å². The number of hydrogen-bond acceptors (Lipinski definition) is 7. The van der Waals surface area contributed by atoms with E-state index in [-0.39, 0.29) is 31.3 Å². The monoisotopic (exact) mass is 462 g/mol. The Bertz CT molecular complexity index is 1350. The fraction of sp³-hybridized carbons (Fsp3) is 0.292. The van der Waals surface area contributed by atoms with Gasteiger partial charge in [-0.3, -0.25) is 4.79 Å². The van der Waals surface area contributed by atoms with Crippen molar-refractivity contribution in [2.24, 2.45) is 0 Å². The first-order valence-corrected chi connectivity index (χ1v) is 11.0. The van der Waals surface area contributed by atoms with E-state index in [1.165, 1.54) is 0 Å². The Morgan fingerprint density at radius 1 is 1.15 bits per heavy atom. The van der Waals surface area contributed by atoms with Crippen LogP contribution >= 0.6 is 0 Å². The Kier molecular flexibility index (Phi) is 5.05. The molecule has 34 heavy (non-hydrogen) atoms. The molecule has 3 aromatic heterocycles. The van der Waals surface area contributed by atoms with E-state index in [9.17, 15) is 9.90 Å². The predicted octanol–water partition coefficient (Wildman–Crippen LogP) is 1.95. The van der Waals surface area contributed by atoms with E-state index < -0.39 is 12.1 Å². The van der Waals surface area contributed by atoms with E-state index >= 15 is 0 Å². The molecule has 3 N–H and O–H groups in total. The van der Waals surface area contributed by atoms with Gasteiger partial charge in [0, 0.05) is 23.4 Å². The minimum absolute atomic E-state index is 0.0611. The van der Waals surface area contributed by atoms with Crippen molar-refractivity contribution in [1.29, 1.82) is 0 Å². The number of rotatable bonds is 6. The van der Waals surface area contributed by atoms with Crippen LogP contribution in [0.4, 0.5) is 0 Å². The summed E-state index contributed by atoms with van der Waals surface area (Å²) in [4.78, 5) is 18.9. The van der Waals surface area contributed by atoms with E-state index in [2.05, 4.69) is 10.1 Å². The predicted molar refractivity (Wildman–Crippen MR) is 120 cm³/mol. The van der Waals surface area contributed by atoms with Crippen LogP contribution in [0.2, 0.25) is 0 Å². The molecule has 5 heterocycles. The molecule has 4 aromatic rings. The molecular weight excluding hydrogens is 440 g/mol. The third kappa shape index (κ3) is 3.81. The van der Waals surface area contributed by atoms with Gasteiger partial charge < -0.3 is 29.4 Å².